The second-order valence-corrected chi connectivity index (χ2v) is 7.27. The lowest BCUT2D eigenvalue weighted by Gasteiger charge is -2.33. The van der Waals surface area contributed by atoms with Crippen LogP contribution >= 0.6 is 15.9 Å². The first-order valence-corrected chi connectivity index (χ1v) is 8.67. The third-order valence-electron chi connectivity index (χ3n) is 4.33. The number of halogens is 2. The highest BCUT2D eigenvalue weighted by Gasteiger charge is 2.29. The van der Waals surface area contributed by atoms with Gasteiger partial charge in [-0.05, 0) is 66.0 Å². The summed E-state index contributed by atoms with van der Waals surface area (Å²) in [6.45, 7) is 6.42. The second-order valence-electron chi connectivity index (χ2n) is 6.42. The van der Waals surface area contributed by atoms with E-state index in [0.29, 0.717) is 22.5 Å². The van der Waals surface area contributed by atoms with Crippen LogP contribution in [0.4, 0.5) is 4.39 Å². The molecule has 0 aromatic heterocycles. The molecule has 1 aromatic rings. The topological polar surface area (TPSA) is 15.3 Å². The molecule has 1 N–H and O–H groups in total. The summed E-state index contributed by atoms with van der Waals surface area (Å²) in [6.07, 6.45) is 3.68. The van der Waals surface area contributed by atoms with Gasteiger partial charge in [0.15, 0.2) is 0 Å². The molecule has 0 amide bonds. The maximum Gasteiger partial charge on any atom is 0.137 e. The predicted molar refractivity (Wildman–Crippen MR) is 90.0 cm³/mol. The molecular weight excluding hydrogens is 331 g/mol. The van der Waals surface area contributed by atoms with Crippen LogP contribution in [0.25, 0.3) is 0 Å². The van der Waals surface area contributed by atoms with Crippen molar-refractivity contribution in [3.8, 4) is 0 Å². The molecule has 2 unspecified atom stereocenters. The molecule has 1 heterocycles. The lowest BCUT2D eigenvalue weighted by molar-refractivity contribution is 0.186. The average molecular weight is 357 g/mol. The first-order valence-electron chi connectivity index (χ1n) is 7.87. The molecule has 118 valence electrons. The monoisotopic (exact) mass is 356 g/mol. The van der Waals surface area contributed by atoms with E-state index in [0.717, 1.165) is 18.7 Å². The summed E-state index contributed by atoms with van der Waals surface area (Å²) in [5, 5.41) is 3.56. The van der Waals surface area contributed by atoms with Crippen molar-refractivity contribution in [3.05, 3.63) is 34.1 Å². The zero-order chi connectivity index (χ0) is 15.4. The van der Waals surface area contributed by atoms with E-state index >= 15 is 0 Å². The molecular formula is C17H26BrFN2. The van der Waals surface area contributed by atoms with Crippen LogP contribution in [-0.2, 0) is 0 Å². The van der Waals surface area contributed by atoms with Gasteiger partial charge in [0.2, 0.25) is 0 Å². The van der Waals surface area contributed by atoms with Gasteiger partial charge in [0.25, 0.3) is 0 Å². The standard InChI is InChI=1S/C17H26BrFN2/c1-12(2)20-11-14-6-4-5-9-21(3)17(14)13-7-8-15(18)16(19)10-13/h7-8,10,12,14,17,20H,4-6,9,11H2,1-3H3. The number of nitrogens with one attached hydrogen (secondary N) is 1. The highest BCUT2D eigenvalue weighted by molar-refractivity contribution is 9.10. The van der Waals surface area contributed by atoms with Crippen molar-refractivity contribution in [1.82, 2.24) is 10.2 Å². The van der Waals surface area contributed by atoms with E-state index in [4.69, 9.17) is 0 Å². The van der Waals surface area contributed by atoms with Crippen molar-refractivity contribution in [1.29, 1.82) is 0 Å². The van der Waals surface area contributed by atoms with Crippen molar-refractivity contribution >= 4 is 15.9 Å². The molecule has 21 heavy (non-hydrogen) atoms. The molecule has 0 spiro atoms. The van der Waals surface area contributed by atoms with Crippen LogP contribution < -0.4 is 5.32 Å². The minimum absolute atomic E-state index is 0.166. The van der Waals surface area contributed by atoms with E-state index in [-0.39, 0.29) is 5.82 Å². The normalized spacial score (nSPS) is 24.3. The molecule has 0 bridgehead atoms. The van der Waals surface area contributed by atoms with Crippen molar-refractivity contribution in [3.63, 3.8) is 0 Å². The van der Waals surface area contributed by atoms with Crippen molar-refractivity contribution in [2.24, 2.45) is 5.92 Å². The van der Waals surface area contributed by atoms with Gasteiger partial charge >= 0.3 is 0 Å². The molecule has 2 rings (SSSR count). The van der Waals surface area contributed by atoms with Gasteiger partial charge in [0.05, 0.1) is 4.47 Å². The summed E-state index contributed by atoms with van der Waals surface area (Å²) in [5.74, 6) is 0.362. The Balaban J connectivity index is 2.25. The summed E-state index contributed by atoms with van der Waals surface area (Å²) in [5.41, 5.74) is 1.09. The fourth-order valence-electron chi connectivity index (χ4n) is 3.25. The summed E-state index contributed by atoms with van der Waals surface area (Å²) in [6, 6.07) is 6.36. The molecule has 0 aliphatic carbocycles. The zero-order valence-corrected chi connectivity index (χ0v) is 14.8. The van der Waals surface area contributed by atoms with E-state index in [9.17, 15) is 4.39 Å². The molecule has 0 saturated carbocycles. The second kappa shape index (κ2) is 7.70. The van der Waals surface area contributed by atoms with E-state index in [2.05, 4.69) is 53.1 Å². The first-order chi connectivity index (χ1) is 9.99. The van der Waals surface area contributed by atoms with Crippen molar-refractivity contribution < 1.29 is 4.39 Å². The van der Waals surface area contributed by atoms with Gasteiger partial charge in [-0.1, -0.05) is 26.3 Å². The lowest BCUT2D eigenvalue weighted by Crippen LogP contribution is -2.37. The molecule has 1 aromatic carbocycles. The Hall–Kier alpha value is -0.450. The van der Waals surface area contributed by atoms with Crippen LogP contribution in [0, 0.1) is 11.7 Å². The highest BCUT2D eigenvalue weighted by atomic mass is 79.9. The summed E-state index contributed by atoms with van der Waals surface area (Å²) < 4.78 is 14.5. The van der Waals surface area contributed by atoms with Crippen LogP contribution in [0.1, 0.15) is 44.7 Å². The molecule has 1 fully saturated rings. The predicted octanol–water partition coefficient (Wildman–Crippen LogP) is 4.36. The third kappa shape index (κ3) is 4.51. The van der Waals surface area contributed by atoms with Gasteiger partial charge in [0.1, 0.15) is 5.82 Å². The Kier molecular flexibility index (Phi) is 6.20. The Morgan fingerprint density at radius 2 is 2.14 bits per heavy atom. The van der Waals surface area contributed by atoms with Gasteiger partial charge in [-0.15, -0.1) is 0 Å². The van der Waals surface area contributed by atoms with Crippen molar-refractivity contribution in [2.75, 3.05) is 20.1 Å². The number of likely N-dealkylation sites (tertiary alicyclic amines) is 1. The fourth-order valence-corrected chi connectivity index (χ4v) is 3.49. The van der Waals surface area contributed by atoms with Gasteiger partial charge < -0.3 is 5.32 Å². The molecule has 2 atom stereocenters. The lowest BCUT2D eigenvalue weighted by atomic mass is 9.89. The molecule has 2 nitrogen and oxygen atoms in total. The molecule has 1 aliphatic heterocycles. The maximum absolute atomic E-state index is 13.9. The van der Waals surface area contributed by atoms with Gasteiger partial charge in [-0.25, -0.2) is 4.39 Å². The van der Waals surface area contributed by atoms with Crippen LogP contribution in [-0.4, -0.2) is 31.1 Å². The van der Waals surface area contributed by atoms with E-state index in [1.165, 1.54) is 19.3 Å². The quantitative estimate of drug-likeness (QED) is 0.861. The maximum atomic E-state index is 13.9. The number of rotatable bonds is 4. The van der Waals surface area contributed by atoms with Crippen LogP contribution in [0.3, 0.4) is 0 Å². The van der Waals surface area contributed by atoms with Crippen LogP contribution in [0.2, 0.25) is 0 Å². The Morgan fingerprint density at radius 3 is 2.81 bits per heavy atom. The number of nitrogens with zero attached hydrogens (tertiary/aromatic N) is 1. The average Bonchev–Trinajstić information content (AvgIpc) is 2.61. The fraction of sp³-hybridized carbons (Fsp3) is 0.647. The minimum Gasteiger partial charge on any atom is -0.314 e. The summed E-state index contributed by atoms with van der Waals surface area (Å²) >= 11 is 3.25. The third-order valence-corrected chi connectivity index (χ3v) is 4.97. The number of hydrogen-bond donors (Lipinski definition) is 1. The summed E-state index contributed by atoms with van der Waals surface area (Å²) in [7, 11) is 2.16. The highest BCUT2D eigenvalue weighted by Crippen LogP contribution is 2.35. The zero-order valence-electron chi connectivity index (χ0n) is 13.2. The molecule has 4 heteroatoms. The Labute approximate surface area is 136 Å². The SMILES string of the molecule is CC(C)NCC1CCCCN(C)C1c1ccc(Br)c(F)c1. The first kappa shape index (κ1) is 16.9. The molecule has 1 aliphatic rings. The van der Waals surface area contributed by atoms with E-state index < -0.39 is 0 Å². The molecule has 1 saturated heterocycles. The van der Waals surface area contributed by atoms with Crippen LogP contribution in [0.15, 0.2) is 22.7 Å². The Bertz CT molecular complexity index is 464. The van der Waals surface area contributed by atoms with Gasteiger partial charge in [0, 0.05) is 18.6 Å². The van der Waals surface area contributed by atoms with Gasteiger partial charge in [-0.2, -0.15) is 0 Å². The number of hydrogen-bond acceptors (Lipinski definition) is 2. The number of benzene rings is 1. The van der Waals surface area contributed by atoms with Gasteiger partial charge in [-0.3, -0.25) is 4.90 Å². The largest absolute Gasteiger partial charge is 0.314 e. The van der Waals surface area contributed by atoms with E-state index in [1.54, 1.807) is 6.07 Å². The molecule has 0 radical (unpaired) electrons. The Morgan fingerprint density at radius 1 is 1.38 bits per heavy atom. The smallest absolute Gasteiger partial charge is 0.137 e. The minimum atomic E-state index is -0.166. The van der Waals surface area contributed by atoms with Crippen LogP contribution in [0.5, 0.6) is 0 Å². The van der Waals surface area contributed by atoms with E-state index in [1.807, 2.05) is 6.07 Å². The van der Waals surface area contributed by atoms with Crippen molar-refractivity contribution in [2.45, 2.75) is 45.2 Å². The summed E-state index contributed by atoms with van der Waals surface area (Å²) in [4.78, 5) is 2.39.